The molecule has 5 nitrogen and oxygen atoms in total. The van der Waals surface area contributed by atoms with E-state index in [9.17, 15) is 9.59 Å². The Hall–Kier alpha value is -0.810. The van der Waals surface area contributed by atoms with Gasteiger partial charge in [-0.05, 0) is 18.8 Å². The summed E-state index contributed by atoms with van der Waals surface area (Å²) >= 11 is 0. The molecule has 1 atom stereocenters. The Bertz CT molecular complexity index is 255. The van der Waals surface area contributed by atoms with Crippen LogP contribution in [0.15, 0.2) is 0 Å². The zero-order chi connectivity index (χ0) is 9.42. The highest BCUT2D eigenvalue weighted by Crippen LogP contribution is 2.33. The summed E-state index contributed by atoms with van der Waals surface area (Å²) in [7, 11) is 0. The molecule has 0 radical (unpaired) electrons. The van der Waals surface area contributed by atoms with Crippen LogP contribution in [0.3, 0.4) is 0 Å². The molecule has 1 heterocycles. The smallest absolute Gasteiger partial charge is 0.314 e. The Balaban J connectivity index is 0.000000980. The number of halogens is 1. The van der Waals surface area contributed by atoms with Gasteiger partial charge in [0.15, 0.2) is 0 Å². The number of carbonyl (C=O) groups excluding carboxylic acids is 2. The zero-order valence-corrected chi connectivity index (χ0v) is 8.55. The maximum atomic E-state index is 11.4. The second-order valence-corrected chi connectivity index (χ2v) is 3.58. The van der Waals surface area contributed by atoms with E-state index in [4.69, 9.17) is 5.73 Å². The van der Waals surface area contributed by atoms with Gasteiger partial charge in [-0.25, -0.2) is 4.79 Å². The first-order valence-corrected chi connectivity index (χ1v) is 4.55. The Morgan fingerprint density at radius 1 is 1.43 bits per heavy atom. The summed E-state index contributed by atoms with van der Waals surface area (Å²) in [5, 5.41) is 2.29. The molecule has 1 unspecified atom stereocenters. The predicted octanol–water partition coefficient (Wildman–Crippen LogP) is 0.0449. The quantitative estimate of drug-likeness (QED) is 0.645. The van der Waals surface area contributed by atoms with Crippen LogP contribution in [-0.4, -0.2) is 29.5 Å². The average Bonchev–Trinajstić information content (AvgIpc) is 2.24. The molecule has 3 amide bonds. The van der Waals surface area contributed by atoms with Gasteiger partial charge in [-0.3, -0.25) is 15.0 Å². The molecule has 0 aromatic carbocycles. The number of hydrogen-bond donors (Lipinski definition) is 2. The van der Waals surface area contributed by atoms with E-state index in [1.807, 2.05) is 0 Å². The van der Waals surface area contributed by atoms with Crippen molar-refractivity contribution in [1.82, 2.24) is 10.2 Å². The number of urea groups is 1. The van der Waals surface area contributed by atoms with E-state index in [2.05, 4.69) is 5.32 Å². The van der Waals surface area contributed by atoms with Gasteiger partial charge in [0, 0.05) is 0 Å². The van der Waals surface area contributed by atoms with Crippen molar-refractivity contribution < 1.29 is 9.59 Å². The van der Waals surface area contributed by atoms with Crippen molar-refractivity contribution in [2.75, 3.05) is 6.67 Å². The number of nitrogens with zero attached hydrogens (tertiary/aromatic N) is 1. The van der Waals surface area contributed by atoms with E-state index in [0.29, 0.717) is 5.92 Å². The molecule has 1 saturated heterocycles. The molecule has 0 aromatic heterocycles. The molecule has 14 heavy (non-hydrogen) atoms. The van der Waals surface area contributed by atoms with Gasteiger partial charge in [0.2, 0.25) is 0 Å². The summed E-state index contributed by atoms with van der Waals surface area (Å²) in [6.45, 7) is 0.124. The third kappa shape index (κ3) is 1.57. The fourth-order valence-corrected chi connectivity index (χ4v) is 1.94. The lowest BCUT2D eigenvalue weighted by Gasteiger charge is -2.33. The van der Waals surface area contributed by atoms with Gasteiger partial charge < -0.3 is 5.73 Å². The lowest BCUT2D eigenvalue weighted by atomic mass is 9.79. The fraction of sp³-hybridized carbons (Fsp3) is 0.750. The number of rotatable bonds is 2. The minimum Gasteiger partial charge on any atom is -0.314 e. The van der Waals surface area contributed by atoms with E-state index >= 15 is 0 Å². The molecule has 2 aliphatic rings. The van der Waals surface area contributed by atoms with Gasteiger partial charge in [0.1, 0.15) is 6.04 Å². The van der Waals surface area contributed by atoms with Crippen molar-refractivity contribution in [2.45, 2.75) is 25.3 Å². The zero-order valence-electron chi connectivity index (χ0n) is 7.73. The molecule has 1 saturated carbocycles. The summed E-state index contributed by atoms with van der Waals surface area (Å²) in [5.74, 6) is 0.148. The molecule has 0 bridgehead atoms. The number of amides is 3. The van der Waals surface area contributed by atoms with Crippen LogP contribution in [0.1, 0.15) is 19.3 Å². The number of imide groups is 1. The Labute approximate surface area is 88.4 Å². The van der Waals surface area contributed by atoms with Crippen LogP contribution < -0.4 is 11.1 Å². The van der Waals surface area contributed by atoms with E-state index < -0.39 is 0 Å². The third-order valence-electron chi connectivity index (χ3n) is 2.89. The van der Waals surface area contributed by atoms with Crippen molar-refractivity contribution >= 4 is 24.3 Å². The highest BCUT2D eigenvalue weighted by molar-refractivity contribution is 6.04. The van der Waals surface area contributed by atoms with Crippen LogP contribution >= 0.6 is 12.4 Å². The summed E-state index contributed by atoms with van der Waals surface area (Å²) in [6, 6.07) is -0.643. The number of carbonyl (C=O) groups is 2. The maximum Gasteiger partial charge on any atom is 0.325 e. The van der Waals surface area contributed by atoms with E-state index in [0.717, 1.165) is 19.3 Å². The molecule has 1 aliphatic carbocycles. The molecule has 0 aromatic rings. The Morgan fingerprint density at radius 2 is 2.07 bits per heavy atom. The monoisotopic (exact) mass is 219 g/mol. The van der Waals surface area contributed by atoms with Crippen molar-refractivity contribution in [2.24, 2.45) is 11.7 Å². The summed E-state index contributed by atoms with van der Waals surface area (Å²) in [4.78, 5) is 24.0. The van der Waals surface area contributed by atoms with Crippen LogP contribution in [0, 0.1) is 5.92 Å². The average molecular weight is 220 g/mol. The van der Waals surface area contributed by atoms with Crippen LogP contribution in [0.2, 0.25) is 0 Å². The second-order valence-electron chi connectivity index (χ2n) is 3.58. The van der Waals surface area contributed by atoms with Gasteiger partial charge in [-0.15, -0.1) is 12.4 Å². The Kier molecular flexibility index (Phi) is 3.34. The molecule has 2 rings (SSSR count). The van der Waals surface area contributed by atoms with Gasteiger partial charge in [0.05, 0.1) is 6.67 Å². The predicted molar refractivity (Wildman–Crippen MR) is 52.8 cm³/mol. The van der Waals surface area contributed by atoms with Gasteiger partial charge in [-0.1, -0.05) is 6.42 Å². The minimum absolute atomic E-state index is 0. The highest BCUT2D eigenvalue weighted by atomic mass is 35.5. The molecule has 80 valence electrons. The summed E-state index contributed by atoms with van der Waals surface area (Å²) < 4.78 is 0. The van der Waals surface area contributed by atoms with Crippen molar-refractivity contribution in [3.05, 3.63) is 0 Å². The normalized spacial score (nSPS) is 26.9. The standard InChI is InChI=1S/C8H13N3O2.ClH/c9-4-11-6(5-2-1-3-5)7(12)10-8(11)13;/h5-6H,1-4,9H2,(H,10,12,13);1H. The molecule has 1 aliphatic heterocycles. The topological polar surface area (TPSA) is 75.4 Å². The van der Waals surface area contributed by atoms with E-state index in [1.165, 1.54) is 4.90 Å². The molecule has 6 heteroatoms. The maximum absolute atomic E-state index is 11.4. The second kappa shape index (κ2) is 4.14. The largest absolute Gasteiger partial charge is 0.325 e. The number of hydrogen-bond acceptors (Lipinski definition) is 3. The molecular weight excluding hydrogens is 206 g/mol. The molecule has 0 spiro atoms. The van der Waals surface area contributed by atoms with Crippen molar-refractivity contribution in [3.63, 3.8) is 0 Å². The molecular formula is C8H14ClN3O2. The van der Waals surface area contributed by atoms with Gasteiger partial charge in [0.25, 0.3) is 5.91 Å². The van der Waals surface area contributed by atoms with E-state index in [1.54, 1.807) is 0 Å². The lowest BCUT2D eigenvalue weighted by molar-refractivity contribution is -0.123. The number of nitrogens with two attached hydrogens (primary N) is 1. The van der Waals surface area contributed by atoms with Gasteiger partial charge in [-0.2, -0.15) is 0 Å². The third-order valence-corrected chi connectivity index (χ3v) is 2.89. The van der Waals surface area contributed by atoms with Gasteiger partial charge >= 0.3 is 6.03 Å². The lowest BCUT2D eigenvalue weighted by Crippen LogP contribution is -2.45. The van der Waals surface area contributed by atoms with Crippen molar-refractivity contribution in [1.29, 1.82) is 0 Å². The first kappa shape index (κ1) is 11.3. The van der Waals surface area contributed by atoms with Crippen LogP contribution in [0.25, 0.3) is 0 Å². The fourth-order valence-electron chi connectivity index (χ4n) is 1.94. The van der Waals surface area contributed by atoms with Crippen LogP contribution in [0.5, 0.6) is 0 Å². The van der Waals surface area contributed by atoms with Crippen LogP contribution in [-0.2, 0) is 4.79 Å². The molecule has 2 fully saturated rings. The van der Waals surface area contributed by atoms with E-state index in [-0.39, 0.29) is 37.1 Å². The summed E-state index contributed by atoms with van der Waals surface area (Å²) in [6.07, 6.45) is 3.21. The molecule has 3 N–H and O–H groups in total. The SMILES string of the molecule is Cl.NCN1C(=O)NC(=O)C1C1CCC1. The summed E-state index contributed by atoms with van der Waals surface area (Å²) in [5.41, 5.74) is 5.41. The minimum atomic E-state index is -0.343. The first-order chi connectivity index (χ1) is 6.24. The first-order valence-electron chi connectivity index (χ1n) is 4.55. The highest BCUT2D eigenvalue weighted by Gasteiger charge is 2.44. The Morgan fingerprint density at radius 3 is 2.50 bits per heavy atom. The van der Waals surface area contributed by atoms with Crippen molar-refractivity contribution in [3.8, 4) is 0 Å². The van der Waals surface area contributed by atoms with Crippen LogP contribution in [0.4, 0.5) is 4.79 Å². The number of nitrogens with one attached hydrogen (secondary N) is 1.